The number of carbonyl (C=O) groups is 2. The quantitative estimate of drug-likeness (QED) is 0.341. The number of ether oxygens (including phenoxy) is 1. The van der Waals surface area contributed by atoms with Crippen molar-refractivity contribution in [3.05, 3.63) is 39.9 Å². The predicted octanol–water partition coefficient (Wildman–Crippen LogP) is 1.15. The number of aliphatic imine (C=N–C) groups is 1. The molecule has 1 aliphatic rings. The molecule has 1 aromatic rings. The van der Waals surface area contributed by atoms with Crippen molar-refractivity contribution in [2.75, 3.05) is 6.61 Å². The van der Waals surface area contributed by atoms with E-state index in [1.54, 1.807) is 6.92 Å². The third-order valence-corrected chi connectivity index (χ3v) is 4.00. The van der Waals surface area contributed by atoms with Gasteiger partial charge in [0.2, 0.25) is 0 Å². The summed E-state index contributed by atoms with van der Waals surface area (Å²) in [5.74, 6) is -1.20. The normalized spacial score (nSPS) is 18.4. The molecule has 114 valence electrons. The summed E-state index contributed by atoms with van der Waals surface area (Å²) in [6.45, 7) is 1.86. The van der Waals surface area contributed by atoms with E-state index >= 15 is 0 Å². The van der Waals surface area contributed by atoms with E-state index in [1.807, 2.05) is 0 Å². The van der Waals surface area contributed by atoms with E-state index in [4.69, 9.17) is 4.74 Å². The Kier molecular flexibility index (Phi) is 5.08. The second-order valence-corrected chi connectivity index (χ2v) is 5.61. The maximum absolute atomic E-state index is 12.0. The summed E-state index contributed by atoms with van der Waals surface area (Å²) in [5, 5.41) is 14.3. The first-order valence-corrected chi connectivity index (χ1v) is 7.76. The first kappa shape index (κ1) is 15.9. The Morgan fingerprint density at radius 2 is 2.09 bits per heavy atom. The van der Waals surface area contributed by atoms with Crippen LogP contribution in [0.3, 0.4) is 0 Å². The summed E-state index contributed by atoms with van der Waals surface area (Å²) in [6.07, 6.45) is 0. The van der Waals surface area contributed by atoms with Crippen LogP contribution in [0.4, 0.5) is 5.69 Å². The zero-order valence-corrected chi connectivity index (χ0v) is 13.0. The summed E-state index contributed by atoms with van der Waals surface area (Å²) >= 11 is -0.534. The van der Waals surface area contributed by atoms with Crippen molar-refractivity contribution in [1.29, 1.82) is 0 Å². The number of nitro groups is 1. The van der Waals surface area contributed by atoms with Gasteiger partial charge in [-0.15, -0.1) is 0 Å². The van der Waals surface area contributed by atoms with Crippen molar-refractivity contribution in [1.82, 2.24) is 0 Å². The molecule has 1 heterocycles. The van der Waals surface area contributed by atoms with Crippen molar-refractivity contribution in [2.24, 2.45) is 14.2 Å². The minimum atomic E-state index is -0.970. The average molecular weight is 369 g/mol. The Hall–Kier alpha value is -2.45. The fraction of sp³-hybridized carbons (Fsp3) is 0.250. The molecule has 0 saturated carbocycles. The monoisotopic (exact) mass is 370 g/mol. The summed E-state index contributed by atoms with van der Waals surface area (Å²) in [5.41, 5.74) is 0.0621. The van der Waals surface area contributed by atoms with Crippen molar-refractivity contribution in [3.8, 4) is 0 Å². The summed E-state index contributed by atoms with van der Waals surface area (Å²) in [7, 11) is 0. The van der Waals surface area contributed by atoms with E-state index in [-0.39, 0.29) is 22.5 Å². The van der Waals surface area contributed by atoms with Gasteiger partial charge < -0.3 is 0 Å². The molecule has 22 heavy (non-hydrogen) atoms. The van der Waals surface area contributed by atoms with Gasteiger partial charge in [0.15, 0.2) is 0 Å². The molecule has 0 bridgehead atoms. The number of benzene rings is 1. The fourth-order valence-electron chi connectivity index (χ4n) is 1.55. The van der Waals surface area contributed by atoms with Crippen LogP contribution in [0.1, 0.15) is 17.3 Å². The summed E-state index contributed by atoms with van der Waals surface area (Å²) in [4.78, 5) is 37.5. The van der Waals surface area contributed by atoms with Crippen LogP contribution in [0, 0.1) is 10.1 Å². The van der Waals surface area contributed by atoms with E-state index in [2.05, 4.69) is 14.2 Å². The van der Waals surface area contributed by atoms with Crippen molar-refractivity contribution >= 4 is 37.3 Å². The van der Waals surface area contributed by atoms with Crippen LogP contribution in [0.25, 0.3) is 0 Å². The number of amides is 1. The van der Waals surface area contributed by atoms with Gasteiger partial charge in [0.1, 0.15) is 0 Å². The van der Waals surface area contributed by atoms with Crippen LogP contribution in [0.5, 0.6) is 0 Å². The van der Waals surface area contributed by atoms with Gasteiger partial charge in [-0.05, 0) is 0 Å². The molecular formula is C12H10N4O5Se. The van der Waals surface area contributed by atoms with Crippen molar-refractivity contribution in [3.63, 3.8) is 0 Å². The second-order valence-electron chi connectivity index (χ2n) is 4.00. The summed E-state index contributed by atoms with van der Waals surface area (Å²) in [6, 6.07) is 4.07. The molecule has 2 rings (SSSR count). The molecule has 1 unspecified atom stereocenters. The van der Waals surface area contributed by atoms with Crippen LogP contribution in [-0.2, 0) is 9.53 Å². The molecule has 1 amide bonds. The molecule has 1 atom stereocenters. The van der Waals surface area contributed by atoms with Gasteiger partial charge in [0, 0.05) is 0 Å². The zero-order valence-electron chi connectivity index (χ0n) is 11.3. The number of non-ortho nitro benzene ring substituents is 1. The van der Waals surface area contributed by atoms with Gasteiger partial charge in [-0.25, -0.2) is 0 Å². The minimum absolute atomic E-state index is 0.122. The van der Waals surface area contributed by atoms with Crippen LogP contribution >= 0.6 is 0 Å². The number of carbonyl (C=O) groups excluding carboxylic acids is 2. The molecule has 1 aromatic carbocycles. The van der Waals surface area contributed by atoms with E-state index < -0.39 is 38.0 Å². The SMILES string of the molecule is CCOC(=O)C1N=N[Se]C1=NC(=O)c1ccc([N+](=O)[O-])cc1. The Morgan fingerprint density at radius 3 is 2.68 bits per heavy atom. The number of nitrogens with zero attached hydrogens (tertiary/aromatic N) is 4. The number of hydrogen-bond donors (Lipinski definition) is 0. The van der Waals surface area contributed by atoms with Gasteiger partial charge in [-0.2, -0.15) is 0 Å². The molecule has 0 N–H and O–H groups in total. The standard InChI is InChI=1S/C12H10N4O5Se/c1-2-21-12(18)9-11(22-15-14-9)13-10(17)7-3-5-8(6-4-7)16(19)20/h3-6,9H,2H2,1H3. The Bertz CT molecular complexity index is 671. The Balaban J connectivity index is 2.15. The van der Waals surface area contributed by atoms with E-state index in [9.17, 15) is 19.7 Å². The zero-order chi connectivity index (χ0) is 16.1. The van der Waals surface area contributed by atoms with Gasteiger partial charge in [-0.1, -0.05) is 0 Å². The first-order chi connectivity index (χ1) is 10.5. The fourth-order valence-corrected chi connectivity index (χ4v) is 2.80. The van der Waals surface area contributed by atoms with Gasteiger partial charge in [0.05, 0.1) is 0 Å². The van der Waals surface area contributed by atoms with Gasteiger partial charge in [0.25, 0.3) is 0 Å². The van der Waals surface area contributed by atoms with Crippen LogP contribution in [0.15, 0.2) is 38.5 Å². The van der Waals surface area contributed by atoms with E-state index in [0.717, 1.165) is 0 Å². The number of hydrogen-bond acceptors (Lipinski definition) is 7. The van der Waals surface area contributed by atoms with E-state index in [0.29, 0.717) is 0 Å². The molecule has 0 aromatic heterocycles. The van der Waals surface area contributed by atoms with E-state index in [1.165, 1.54) is 24.3 Å². The Morgan fingerprint density at radius 1 is 1.41 bits per heavy atom. The Labute approximate surface area is 131 Å². The molecule has 0 saturated heterocycles. The van der Waals surface area contributed by atoms with Crippen LogP contribution in [-0.4, -0.2) is 49.2 Å². The predicted molar refractivity (Wildman–Crippen MR) is 75.9 cm³/mol. The molecular weight excluding hydrogens is 359 g/mol. The molecule has 0 fully saturated rings. The van der Waals surface area contributed by atoms with Crippen molar-refractivity contribution < 1.29 is 19.2 Å². The van der Waals surface area contributed by atoms with Crippen LogP contribution in [0.2, 0.25) is 0 Å². The van der Waals surface area contributed by atoms with Gasteiger partial charge in [-0.3, -0.25) is 0 Å². The summed E-state index contributed by atoms with van der Waals surface area (Å²) < 4.78 is 8.84. The number of rotatable bonds is 4. The van der Waals surface area contributed by atoms with Crippen molar-refractivity contribution in [2.45, 2.75) is 13.0 Å². The molecule has 0 aliphatic carbocycles. The molecule has 0 radical (unpaired) electrons. The van der Waals surface area contributed by atoms with Crippen LogP contribution < -0.4 is 0 Å². The molecule has 10 heteroatoms. The maximum atomic E-state index is 12.0. The molecule has 9 nitrogen and oxygen atoms in total. The average Bonchev–Trinajstić information content (AvgIpc) is 2.95. The topological polar surface area (TPSA) is 124 Å². The van der Waals surface area contributed by atoms with Gasteiger partial charge >= 0.3 is 130 Å². The molecule has 1 aliphatic heterocycles. The third kappa shape index (κ3) is 3.60. The number of esters is 1. The first-order valence-electron chi connectivity index (χ1n) is 6.14. The molecule has 0 spiro atoms. The second kappa shape index (κ2) is 7.01. The third-order valence-electron chi connectivity index (χ3n) is 2.58. The number of nitro benzene ring substituents is 1.